The van der Waals surface area contributed by atoms with Gasteiger partial charge in [-0.25, -0.2) is 0 Å². The number of nitrogens with zero attached hydrogens (tertiary/aromatic N) is 2. The monoisotopic (exact) mass is 126 g/mol. The molecule has 0 aliphatic carbocycles. The molecule has 9 heavy (non-hydrogen) atoms. The zero-order chi connectivity index (χ0) is 7.11. The van der Waals surface area contributed by atoms with Gasteiger partial charge in [0, 0.05) is 6.42 Å². The smallest absolute Gasteiger partial charge is 0.208 e. The summed E-state index contributed by atoms with van der Waals surface area (Å²) in [6.45, 7) is 4.34. The van der Waals surface area contributed by atoms with E-state index in [2.05, 4.69) is 4.99 Å². The number of hydrogen-bond acceptors (Lipinski definition) is 3. The minimum Gasteiger partial charge on any atom is -0.481 e. The summed E-state index contributed by atoms with van der Waals surface area (Å²) in [4.78, 5) is 3.43. The Kier molecular flexibility index (Phi) is 4.51. The fourth-order valence-corrected chi connectivity index (χ4v) is 0.436. The molecule has 0 aromatic carbocycles. The van der Waals surface area contributed by atoms with Crippen LogP contribution >= 0.6 is 0 Å². The fraction of sp³-hybridized carbons (Fsp3) is 0.667. The van der Waals surface area contributed by atoms with Crippen molar-refractivity contribution in [1.29, 1.82) is 5.26 Å². The number of hydrogen-bond donors (Lipinski definition) is 0. The Morgan fingerprint density at radius 1 is 1.67 bits per heavy atom. The number of nitriles is 1. The Hall–Kier alpha value is -1.04. The van der Waals surface area contributed by atoms with Crippen LogP contribution in [0.15, 0.2) is 4.99 Å². The molecule has 0 bridgehead atoms. The molecule has 0 spiro atoms. The van der Waals surface area contributed by atoms with E-state index in [1.54, 1.807) is 6.19 Å². The molecule has 3 nitrogen and oxygen atoms in total. The van der Waals surface area contributed by atoms with Gasteiger partial charge in [-0.15, -0.1) is 4.99 Å². The summed E-state index contributed by atoms with van der Waals surface area (Å²) in [7, 11) is 0. The second kappa shape index (κ2) is 5.10. The van der Waals surface area contributed by atoms with Crippen molar-refractivity contribution >= 4 is 5.90 Å². The van der Waals surface area contributed by atoms with E-state index in [4.69, 9.17) is 10.00 Å². The van der Waals surface area contributed by atoms with Crippen LogP contribution in [0.25, 0.3) is 0 Å². The topological polar surface area (TPSA) is 45.4 Å². The lowest BCUT2D eigenvalue weighted by Crippen LogP contribution is -2.01. The normalized spacial score (nSPS) is 10.6. The summed E-state index contributed by atoms with van der Waals surface area (Å²) in [6, 6.07) is 0. The Morgan fingerprint density at radius 2 is 2.33 bits per heavy atom. The molecule has 0 rings (SSSR count). The number of ether oxygens (including phenoxy) is 1. The summed E-state index contributed by atoms with van der Waals surface area (Å²) >= 11 is 0. The molecule has 0 saturated heterocycles. The molecule has 0 aliphatic heterocycles. The maximum Gasteiger partial charge on any atom is 0.208 e. The first-order valence-corrected chi connectivity index (χ1v) is 2.93. The van der Waals surface area contributed by atoms with E-state index < -0.39 is 0 Å². The van der Waals surface area contributed by atoms with Crippen molar-refractivity contribution in [3.05, 3.63) is 0 Å². The highest BCUT2D eigenvalue weighted by atomic mass is 16.5. The molecule has 0 N–H and O–H groups in total. The minimum atomic E-state index is 0.514. The third-order valence-electron chi connectivity index (χ3n) is 0.788. The van der Waals surface area contributed by atoms with Gasteiger partial charge in [0.2, 0.25) is 6.19 Å². The molecule has 3 heteroatoms. The molecule has 50 valence electrons. The Bertz CT molecular complexity index is 134. The van der Waals surface area contributed by atoms with Gasteiger partial charge in [-0.3, -0.25) is 0 Å². The second-order valence-electron chi connectivity index (χ2n) is 1.39. The van der Waals surface area contributed by atoms with E-state index >= 15 is 0 Å². The van der Waals surface area contributed by atoms with Gasteiger partial charge in [0.05, 0.1) is 6.61 Å². The van der Waals surface area contributed by atoms with Crippen LogP contribution in [-0.4, -0.2) is 12.5 Å². The molecule has 0 saturated carbocycles. The number of aliphatic imine (C=N–C) groups is 1. The first kappa shape index (κ1) is 7.96. The molecule has 0 heterocycles. The van der Waals surface area contributed by atoms with Crippen LogP contribution < -0.4 is 0 Å². The van der Waals surface area contributed by atoms with Gasteiger partial charge in [-0.2, -0.15) is 5.26 Å². The van der Waals surface area contributed by atoms with Gasteiger partial charge < -0.3 is 4.74 Å². The van der Waals surface area contributed by atoms with Crippen LogP contribution in [0.3, 0.4) is 0 Å². The van der Waals surface area contributed by atoms with Crippen molar-refractivity contribution in [1.82, 2.24) is 0 Å². The first-order valence-electron chi connectivity index (χ1n) is 2.93. The van der Waals surface area contributed by atoms with E-state index in [0.717, 1.165) is 0 Å². The summed E-state index contributed by atoms with van der Waals surface area (Å²) in [5.74, 6) is 0.514. The van der Waals surface area contributed by atoms with Crippen molar-refractivity contribution in [3.8, 4) is 6.19 Å². The molecule has 0 aromatic heterocycles. The first-order chi connectivity index (χ1) is 4.35. The van der Waals surface area contributed by atoms with Gasteiger partial charge in [0.25, 0.3) is 0 Å². The van der Waals surface area contributed by atoms with E-state index in [1.807, 2.05) is 13.8 Å². The molecule has 0 atom stereocenters. The SMILES string of the molecule is CCO/C(CC)=N\C#N. The lowest BCUT2D eigenvalue weighted by atomic mass is 10.5. The molecule has 0 amide bonds. The van der Waals surface area contributed by atoms with E-state index in [0.29, 0.717) is 18.9 Å². The van der Waals surface area contributed by atoms with Crippen molar-refractivity contribution in [2.24, 2.45) is 4.99 Å². The number of rotatable bonds is 2. The van der Waals surface area contributed by atoms with E-state index in [9.17, 15) is 0 Å². The third kappa shape index (κ3) is 3.53. The highest BCUT2D eigenvalue weighted by molar-refractivity contribution is 5.76. The molecule has 0 radical (unpaired) electrons. The summed E-state index contributed by atoms with van der Waals surface area (Å²) in [5, 5.41) is 8.08. The van der Waals surface area contributed by atoms with Crippen LogP contribution in [-0.2, 0) is 4.74 Å². The molecule has 0 aliphatic rings. The molecule has 0 aromatic rings. The summed E-state index contributed by atoms with van der Waals surface area (Å²) in [6.07, 6.45) is 2.35. The Balaban J connectivity index is 3.70. The molecule has 0 fully saturated rings. The van der Waals surface area contributed by atoms with Crippen LogP contribution in [0.4, 0.5) is 0 Å². The van der Waals surface area contributed by atoms with Crippen LogP contribution in [0.5, 0.6) is 0 Å². The summed E-state index contributed by atoms with van der Waals surface area (Å²) in [5.41, 5.74) is 0. The summed E-state index contributed by atoms with van der Waals surface area (Å²) < 4.78 is 4.96. The zero-order valence-electron chi connectivity index (χ0n) is 5.72. The van der Waals surface area contributed by atoms with E-state index in [-0.39, 0.29) is 0 Å². The highest BCUT2D eigenvalue weighted by Gasteiger charge is 1.91. The highest BCUT2D eigenvalue weighted by Crippen LogP contribution is 1.87. The Morgan fingerprint density at radius 3 is 2.67 bits per heavy atom. The lowest BCUT2D eigenvalue weighted by molar-refractivity contribution is 0.319. The maximum absolute atomic E-state index is 8.08. The third-order valence-corrected chi connectivity index (χ3v) is 0.788. The van der Waals surface area contributed by atoms with Gasteiger partial charge >= 0.3 is 0 Å². The van der Waals surface area contributed by atoms with Crippen LogP contribution in [0.1, 0.15) is 20.3 Å². The Labute approximate surface area is 55.0 Å². The predicted molar refractivity (Wildman–Crippen MR) is 35.0 cm³/mol. The standard InChI is InChI=1S/C6H10N2O/c1-3-6(8-5-7)9-4-2/h3-4H2,1-2H3/b8-6-. The molecular formula is C6H10N2O. The van der Waals surface area contributed by atoms with Gasteiger partial charge in [-0.05, 0) is 6.92 Å². The average Bonchev–Trinajstić information content (AvgIpc) is 1.88. The van der Waals surface area contributed by atoms with Crippen molar-refractivity contribution in [2.75, 3.05) is 6.61 Å². The van der Waals surface area contributed by atoms with Gasteiger partial charge in [-0.1, -0.05) is 6.92 Å². The minimum absolute atomic E-state index is 0.514. The molecule has 0 unspecified atom stereocenters. The van der Waals surface area contributed by atoms with Crippen molar-refractivity contribution < 1.29 is 4.74 Å². The van der Waals surface area contributed by atoms with Crippen molar-refractivity contribution in [2.45, 2.75) is 20.3 Å². The second-order valence-corrected chi connectivity index (χ2v) is 1.39. The fourth-order valence-electron chi connectivity index (χ4n) is 0.436. The van der Waals surface area contributed by atoms with Crippen LogP contribution in [0.2, 0.25) is 0 Å². The maximum atomic E-state index is 8.08. The molecular weight excluding hydrogens is 116 g/mol. The average molecular weight is 126 g/mol. The van der Waals surface area contributed by atoms with Gasteiger partial charge in [0.15, 0.2) is 5.90 Å². The van der Waals surface area contributed by atoms with Crippen LogP contribution in [0, 0.1) is 11.5 Å². The largest absolute Gasteiger partial charge is 0.481 e. The predicted octanol–water partition coefficient (Wildman–Crippen LogP) is 1.31. The quantitative estimate of drug-likeness (QED) is 0.318. The van der Waals surface area contributed by atoms with Gasteiger partial charge in [0.1, 0.15) is 0 Å². The zero-order valence-corrected chi connectivity index (χ0v) is 5.72. The van der Waals surface area contributed by atoms with Crippen molar-refractivity contribution in [3.63, 3.8) is 0 Å². The van der Waals surface area contributed by atoms with E-state index in [1.165, 1.54) is 0 Å². The lowest BCUT2D eigenvalue weighted by Gasteiger charge is -1.99.